The van der Waals surface area contributed by atoms with Gasteiger partial charge in [0.15, 0.2) is 5.17 Å². The Hall–Kier alpha value is -2.32. The third-order valence-electron chi connectivity index (χ3n) is 4.67. The highest BCUT2D eigenvalue weighted by molar-refractivity contribution is 8.15. The van der Waals surface area contributed by atoms with E-state index >= 15 is 0 Å². The van der Waals surface area contributed by atoms with Gasteiger partial charge in [0.2, 0.25) is 5.91 Å². The number of benzene rings is 1. The molecule has 150 valence electrons. The molecule has 2 unspecified atom stereocenters. The topological polar surface area (TPSA) is 77.4 Å². The third-order valence-corrected chi connectivity index (χ3v) is 5.99. The highest BCUT2D eigenvalue weighted by atomic mass is 32.2. The van der Waals surface area contributed by atoms with Gasteiger partial charge in [0.1, 0.15) is 12.4 Å². The molecule has 1 amide bonds. The Bertz CT molecular complexity index is 836. The van der Waals surface area contributed by atoms with Gasteiger partial charge in [-0.1, -0.05) is 30.8 Å². The summed E-state index contributed by atoms with van der Waals surface area (Å²) in [6.07, 6.45) is 0.691. The number of carbonyl (C=O) groups is 2. The Morgan fingerprint density at radius 3 is 2.75 bits per heavy atom. The minimum atomic E-state index is -0.603. The fourth-order valence-electron chi connectivity index (χ4n) is 3.27. The molecule has 7 nitrogen and oxygen atoms in total. The SMILES string of the molecule is CCC1SC2=NC(C)=C(C(=O)OCCOC)C(c3cccc(OC)c3)N2C1=O. The standard InChI is InChI=1S/C20H24N2O5S/c1-5-15-18(23)22-17(13-7-6-8-14(11-13)26-4)16(12(2)21-20(22)28-15)19(24)27-10-9-25-3/h6-8,11,15,17H,5,9-10H2,1-4H3. The van der Waals surface area contributed by atoms with E-state index in [0.717, 1.165) is 5.56 Å². The number of amidine groups is 1. The lowest BCUT2D eigenvalue weighted by molar-refractivity contribution is -0.141. The van der Waals surface area contributed by atoms with Crippen molar-refractivity contribution < 1.29 is 23.8 Å². The molecule has 1 aromatic carbocycles. The van der Waals surface area contributed by atoms with Crippen LogP contribution in [-0.4, -0.2) is 54.6 Å². The molecule has 8 heteroatoms. The van der Waals surface area contributed by atoms with Crippen molar-refractivity contribution in [3.05, 3.63) is 41.1 Å². The van der Waals surface area contributed by atoms with Crippen molar-refractivity contribution in [2.45, 2.75) is 31.6 Å². The zero-order valence-corrected chi connectivity index (χ0v) is 17.2. The fourth-order valence-corrected chi connectivity index (χ4v) is 4.41. The Kier molecular flexibility index (Phi) is 6.41. The second-order valence-corrected chi connectivity index (χ2v) is 7.59. The number of nitrogens with zero attached hydrogens (tertiary/aromatic N) is 2. The van der Waals surface area contributed by atoms with E-state index in [1.165, 1.54) is 11.8 Å². The molecule has 1 fully saturated rings. The predicted octanol–water partition coefficient (Wildman–Crippen LogP) is 2.92. The van der Waals surface area contributed by atoms with Crippen molar-refractivity contribution in [3.63, 3.8) is 0 Å². The van der Waals surface area contributed by atoms with Gasteiger partial charge in [-0.15, -0.1) is 0 Å². The minimum Gasteiger partial charge on any atom is -0.497 e. The Balaban J connectivity index is 2.06. The first kappa shape index (κ1) is 20.4. The van der Waals surface area contributed by atoms with Gasteiger partial charge in [0.05, 0.1) is 36.3 Å². The number of carbonyl (C=O) groups excluding carboxylic acids is 2. The molecule has 0 radical (unpaired) electrons. The van der Waals surface area contributed by atoms with E-state index in [2.05, 4.69) is 4.99 Å². The summed E-state index contributed by atoms with van der Waals surface area (Å²) in [7, 11) is 3.12. The van der Waals surface area contributed by atoms with E-state index in [-0.39, 0.29) is 17.8 Å². The number of thioether (sulfide) groups is 1. The monoisotopic (exact) mass is 404 g/mol. The Morgan fingerprint density at radius 1 is 1.29 bits per heavy atom. The average Bonchev–Trinajstić information content (AvgIpc) is 3.02. The lowest BCUT2D eigenvalue weighted by atomic mass is 9.94. The average molecular weight is 404 g/mol. The maximum atomic E-state index is 13.0. The largest absolute Gasteiger partial charge is 0.497 e. The van der Waals surface area contributed by atoms with Crippen molar-refractivity contribution in [2.24, 2.45) is 4.99 Å². The summed E-state index contributed by atoms with van der Waals surface area (Å²) in [6.45, 7) is 4.17. The van der Waals surface area contributed by atoms with Crippen molar-refractivity contribution in [1.29, 1.82) is 0 Å². The number of hydrogen-bond donors (Lipinski definition) is 0. The highest BCUT2D eigenvalue weighted by Crippen LogP contribution is 2.44. The molecule has 0 bridgehead atoms. The van der Waals surface area contributed by atoms with E-state index < -0.39 is 12.0 Å². The summed E-state index contributed by atoms with van der Waals surface area (Å²) in [4.78, 5) is 32.1. The number of methoxy groups -OCH3 is 2. The van der Waals surface area contributed by atoms with Crippen LogP contribution in [0, 0.1) is 0 Å². The second-order valence-electron chi connectivity index (χ2n) is 6.42. The van der Waals surface area contributed by atoms with Gasteiger partial charge in [0, 0.05) is 7.11 Å². The van der Waals surface area contributed by atoms with Crippen LogP contribution >= 0.6 is 11.8 Å². The van der Waals surface area contributed by atoms with Crippen LogP contribution < -0.4 is 4.74 Å². The molecule has 2 aliphatic rings. The van der Waals surface area contributed by atoms with Crippen LogP contribution in [0.4, 0.5) is 0 Å². The molecule has 2 heterocycles. The molecular formula is C20H24N2O5S. The number of allylic oxidation sites excluding steroid dienone is 1. The number of ether oxygens (including phenoxy) is 3. The van der Waals surface area contributed by atoms with Crippen LogP contribution in [-0.2, 0) is 19.1 Å². The van der Waals surface area contributed by atoms with Crippen LogP contribution in [0.25, 0.3) is 0 Å². The van der Waals surface area contributed by atoms with Gasteiger partial charge >= 0.3 is 5.97 Å². The summed E-state index contributed by atoms with van der Waals surface area (Å²) in [5.41, 5.74) is 1.69. The summed E-state index contributed by atoms with van der Waals surface area (Å²) >= 11 is 1.44. The summed E-state index contributed by atoms with van der Waals surface area (Å²) < 4.78 is 15.7. The lowest BCUT2D eigenvalue weighted by Gasteiger charge is -2.33. The second kappa shape index (κ2) is 8.79. The van der Waals surface area contributed by atoms with Gasteiger partial charge in [-0.05, 0) is 31.0 Å². The van der Waals surface area contributed by atoms with Crippen LogP contribution in [0.5, 0.6) is 5.75 Å². The number of aliphatic imine (C=N–C) groups is 1. The summed E-state index contributed by atoms with van der Waals surface area (Å²) in [6, 6.07) is 6.77. The van der Waals surface area contributed by atoms with Crippen LogP contribution in [0.3, 0.4) is 0 Å². The normalized spacial score (nSPS) is 21.5. The lowest BCUT2D eigenvalue weighted by Crippen LogP contribution is -2.40. The molecule has 1 saturated heterocycles. The summed E-state index contributed by atoms with van der Waals surface area (Å²) in [5.74, 6) is 0.106. The zero-order chi connectivity index (χ0) is 20.3. The first-order chi connectivity index (χ1) is 13.5. The number of hydrogen-bond acceptors (Lipinski definition) is 7. The van der Waals surface area contributed by atoms with E-state index in [4.69, 9.17) is 14.2 Å². The van der Waals surface area contributed by atoms with E-state index in [1.807, 2.05) is 31.2 Å². The molecule has 28 heavy (non-hydrogen) atoms. The van der Waals surface area contributed by atoms with Crippen molar-refractivity contribution in [3.8, 4) is 5.75 Å². The zero-order valence-electron chi connectivity index (χ0n) is 16.4. The Labute approximate surface area is 168 Å². The molecule has 2 aliphatic heterocycles. The predicted molar refractivity (Wildman–Crippen MR) is 107 cm³/mol. The van der Waals surface area contributed by atoms with Gasteiger partial charge in [0.25, 0.3) is 0 Å². The molecule has 0 N–H and O–H groups in total. The van der Waals surface area contributed by atoms with Crippen molar-refractivity contribution in [2.75, 3.05) is 27.4 Å². The molecule has 0 spiro atoms. The molecule has 0 saturated carbocycles. The summed E-state index contributed by atoms with van der Waals surface area (Å²) in [5, 5.41) is 0.416. The molecule has 1 aromatic rings. The highest BCUT2D eigenvalue weighted by Gasteiger charge is 2.47. The Morgan fingerprint density at radius 2 is 2.07 bits per heavy atom. The molecule has 2 atom stereocenters. The first-order valence-electron chi connectivity index (χ1n) is 9.11. The number of fused-ring (bicyclic) bond motifs is 1. The van der Waals surface area contributed by atoms with E-state index in [0.29, 0.717) is 35.2 Å². The van der Waals surface area contributed by atoms with Gasteiger partial charge in [-0.25, -0.2) is 9.79 Å². The first-order valence-corrected chi connectivity index (χ1v) is 9.99. The third kappa shape index (κ3) is 3.79. The quantitative estimate of drug-likeness (QED) is 0.514. The van der Waals surface area contributed by atoms with Crippen molar-refractivity contribution >= 4 is 28.8 Å². The fraction of sp³-hybridized carbons (Fsp3) is 0.450. The van der Waals surface area contributed by atoms with Crippen LogP contribution in [0.15, 0.2) is 40.5 Å². The molecule has 3 rings (SSSR count). The van der Waals surface area contributed by atoms with Crippen molar-refractivity contribution in [1.82, 2.24) is 4.90 Å². The molecular weight excluding hydrogens is 380 g/mol. The van der Waals surface area contributed by atoms with Gasteiger partial charge in [-0.2, -0.15) is 0 Å². The van der Waals surface area contributed by atoms with Crippen LogP contribution in [0.1, 0.15) is 31.9 Å². The maximum absolute atomic E-state index is 13.0. The maximum Gasteiger partial charge on any atom is 0.338 e. The van der Waals surface area contributed by atoms with Gasteiger partial charge < -0.3 is 14.2 Å². The smallest absolute Gasteiger partial charge is 0.338 e. The minimum absolute atomic E-state index is 0.0474. The molecule has 0 aromatic heterocycles. The number of rotatable bonds is 7. The number of amides is 1. The van der Waals surface area contributed by atoms with Gasteiger partial charge in [-0.3, -0.25) is 9.69 Å². The van der Waals surface area contributed by atoms with Crippen LogP contribution in [0.2, 0.25) is 0 Å². The number of esters is 1. The molecule has 0 aliphatic carbocycles. The van der Waals surface area contributed by atoms with E-state index in [9.17, 15) is 9.59 Å². The van der Waals surface area contributed by atoms with E-state index in [1.54, 1.807) is 26.0 Å².